The van der Waals surface area contributed by atoms with Gasteiger partial charge in [-0.3, -0.25) is 0 Å². The number of hydrogen-bond acceptors (Lipinski definition) is 2. The minimum Gasteiger partial charge on any atom is -0.306 e. The largest absolute Gasteiger partial charge is 0.306 e. The third-order valence-corrected chi connectivity index (χ3v) is 5.59. The molecule has 1 aromatic heterocycles. The highest BCUT2D eigenvalue weighted by Crippen LogP contribution is 2.39. The number of rotatable bonds is 5. The van der Waals surface area contributed by atoms with Gasteiger partial charge in [-0.25, -0.2) is 0 Å². The Kier molecular flexibility index (Phi) is 6.39. The van der Waals surface area contributed by atoms with Gasteiger partial charge in [-0.2, -0.15) is 0 Å². The summed E-state index contributed by atoms with van der Waals surface area (Å²) in [5.41, 5.74) is 2.16. The van der Waals surface area contributed by atoms with E-state index in [0.29, 0.717) is 4.34 Å². The summed E-state index contributed by atoms with van der Waals surface area (Å²) in [6.07, 6.45) is 1.05. The van der Waals surface area contributed by atoms with E-state index in [0.717, 1.165) is 37.4 Å². The predicted molar refractivity (Wildman–Crippen MR) is 96.3 cm³/mol. The topological polar surface area (TPSA) is 12.0 Å². The van der Waals surface area contributed by atoms with Gasteiger partial charge in [0.05, 0.1) is 14.7 Å². The lowest BCUT2D eigenvalue weighted by Gasteiger charge is -2.20. The second kappa shape index (κ2) is 7.61. The normalized spacial score (nSPS) is 12.7. The summed E-state index contributed by atoms with van der Waals surface area (Å²) >= 11 is 21.0. The smallest absolute Gasteiger partial charge is 0.0995 e. The molecular weight excluding hydrogens is 445 g/mol. The summed E-state index contributed by atoms with van der Waals surface area (Å²) in [5.74, 6) is 0. The average Bonchev–Trinajstić information content (AvgIpc) is 2.73. The third kappa shape index (κ3) is 3.99. The molecule has 2 aromatic rings. The summed E-state index contributed by atoms with van der Waals surface area (Å²) in [6.45, 7) is 3.05. The van der Waals surface area contributed by atoms with Crippen LogP contribution in [0.15, 0.2) is 33.2 Å². The van der Waals surface area contributed by atoms with Gasteiger partial charge in [-0.05, 0) is 42.8 Å². The van der Waals surface area contributed by atoms with E-state index in [-0.39, 0.29) is 6.04 Å². The first kappa shape index (κ1) is 16.8. The van der Waals surface area contributed by atoms with Crippen LogP contribution < -0.4 is 5.32 Å². The Morgan fingerprint density at radius 2 is 1.95 bits per heavy atom. The summed E-state index contributed by atoms with van der Waals surface area (Å²) in [6, 6.07) is 8.10. The highest BCUT2D eigenvalue weighted by Gasteiger charge is 2.21. The van der Waals surface area contributed by atoms with Crippen LogP contribution in [-0.2, 0) is 0 Å². The van der Waals surface area contributed by atoms with Crippen LogP contribution in [0.2, 0.25) is 8.67 Å². The maximum Gasteiger partial charge on any atom is 0.0995 e. The SMILES string of the molecule is CCCNC(c1cc(Br)ccc1Br)c1cc(Cl)sc1Cl. The van der Waals surface area contributed by atoms with E-state index in [4.69, 9.17) is 23.2 Å². The average molecular weight is 458 g/mol. The zero-order valence-corrected chi connectivity index (χ0v) is 16.2. The summed E-state index contributed by atoms with van der Waals surface area (Å²) in [4.78, 5) is 0. The van der Waals surface area contributed by atoms with Gasteiger partial charge in [0.2, 0.25) is 0 Å². The number of halogens is 4. The highest BCUT2D eigenvalue weighted by molar-refractivity contribution is 9.11. The molecule has 1 unspecified atom stereocenters. The van der Waals surface area contributed by atoms with Crippen molar-refractivity contribution in [1.82, 2.24) is 5.32 Å². The fourth-order valence-electron chi connectivity index (χ4n) is 1.96. The Labute approximate surface area is 149 Å². The predicted octanol–water partition coefficient (Wildman–Crippen LogP) is 6.67. The third-order valence-electron chi connectivity index (χ3n) is 2.86. The van der Waals surface area contributed by atoms with Crippen LogP contribution in [0.3, 0.4) is 0 Å². The molecule has 1 N–H and O–H groups in total. The Balaban J connectivity index is 2.46. The highest BCUT2D eigenvalue weighted by atomic mass is 79.9. The first-order valence-electron chi connectivity index (χ1n) is 6.16. The van der Waals surface area contributed by atoms with Gasteiger partial charge in [0.25, 0.3) is 0 Å². The first-order chi connectivity index (χ1) is 9.52. The van der Waals surface area contributed by atoms with Crippen LogP contribution in [0.5, 0.6) is 0 Å². The molecule has 1 atom stereocenters. The summed E-state index contributed by atoms with van der Waals surface area (Å²) < 4.78 is 3.53. The molecule has 20 heavy (non-hydrogen) atoms. The maximum atomic E-state index is 6.33. The van der Waals surface area contributed by atoms with Crippen molar-refractivity contribution in [3.63, 3.8) is 0 Å². The van der Waals surface area contributed by atoms with Crippen molar-refractivity contribution in [2.45, 2.75) is 19.4 Å². The van der Waals surface area contributed by atoms with Crippen molar-refractivity contribution in [3.05, 3.63) is 53.0 Å². The van der Waals surface area contributed by atoms with Gasteiger partial charge >= 0.3 is 0 Å². The first-order valence-corrected chi connectivity index (χ1v) is 9.31. The molecule has 0 saturated carbocycles. The van der Waals surface area contributed by atoms with Gasteiger partial charge in [-0.1, -0.05) is 62.0 Å². The molecule has 1 aromatic carbocycles. The molecule has 108 valence electrons. The molecule has 0 bridgehead atoms. The van der Waals surface area contributed by atoms with Gasteiger partial charge in [0, 0.05) is 14.5 Å². The Hall–Kier alpha value is 0.420. The van der Waals surface area contributed by atoms with Crippen molar-refractivity contribution in [2.24, 2.45) is 0 Å². The van der Waals surface area contributed by atoms with Gasteiger partial charge < -0.3 is 5.32 Å². The summed E-state index contributed by atoms with van der Waals surface area (Å²) in [7, 11) is 0. The molecular formula is C14H13Br2Cl2NS. The molecule has 2 rings (SSSR count). The molecule has 0 radical (unpaired) electrons. The number of thiophene rings is 1. The molecule has 0 aliphatic rings. The molecule has 6 heteroatoms. The monoisotopic (exact) mass is 455 g/mol. The van der Waals surface area contributed by atoms with Crippen LogP contribution in [0.4, 0.5) is 0 Å². The van der Waals surface area contributed by atoms with Gasteiger partial charge in [-0.15, -0.1) is 11.3 Å². The molecule has 0 amide bonds. The fraction of sp³-hybridized carbons (Fsp3) is 0.286. The van der Waals surface area contributed by atoms with Crippen LogP contribution in [0.25, 0.3) is 0 Å². The second-order valence-corrected chi connectivity index (χ2v) is 8.39. The van der Waals surface area contributed by atoms with E-state index in [9.17, 15) is 0 Å². The lowest BCUT2D eigenvalue weighted by Crippen LogP contribution is -2.23. The molecule has 1 nitrogen and oxygen atoms in total. The quantitative estimate of drug-likeness (QED) is 0.528. The van der Waals surface area contributed by atoms with Crippen LogP contribution in [-0.4, -0.2) is 6.54 Å². The van der Waals surface area contributed by atoms with E-state index in [2.05, 4.69) is 50.2 Å². The molecule has 0 spiro atoms. The summed E-state index contributed by atoms with van der Waals surface area (Å²) in [5, 5.41) is 3.54. The van der Waals surface area contributed by atoms with Crippen LogP contribution >= 0.6 is 66.4 Å². The Morgan fingerprint density at radius 3 is 2.55 bits per heavy atom. The lowest BCUT2D eigenvalue weighted by molar-refractivity contribution is 0.598. The molecule has 0 aliphatic heterocycles. The Bertz CT molecular complexity index is 601. The van der Waals surface area contributed by atoms with E-state index in [1.54, 1.807) is 0 Å². The second-order valence-electron chi connectivity index (χ2n) is 4.33. The van der Waals surface area contributed by atoms with Gasteiger partial charge in [0.15, 0.2) is 0 Å². The fourth-order valence-corrected chi connectivity index (χ4v) is 4.35. The molecule has 1 heterocycles. The van der Waals surface area contributed by atoms with Crippen LogP contribution in [0.1, 0.15) is 30.5 Å². The number of hydrogen-bond donors (Lipinski definition) is 1. The number of nitrogens with one attached hydrogen (secondary N) is 1. The van der Waals surface area contributed by atoms with Crippen molar-refractivity contribution in [2.75, 3.05) is 6.54 Å². The van der Waals surface area contributed by atoms with E-state index in [1.165, 1.54) is 11.3 Å². The Morgan fingerprint density at radius 1 is 1.20 bits per heavy atom. The zero-order valence-electron chi connectivity index (χ0n) is 10.7. The van der Waals surface area contributed by atoms with E-state index < -0.39 is 0 Å². The minimum atomic E-state index is 0.0260. The minimum absolute atomic E-state index is 0.0260. The maximum absolute atomic E-state index is 6.33. The molecule has 0 fully saturated rings. The number of benzene rings is 1. The van der Waals surface area contributed by atoms with Gasteiger partial charge in [0.1, 0.15) is 0 Å². The van der Waals surface area contributed by atoms with Crippen molar-refractivity contribution >= 4 is 66.4 Å². The zero-order chi connectivity index (χ0) is 14.7. The van der Waals surface area contributed by atoms with Crippen molar-refractivity contribution in [1.29, 1.82) is 0 Å². The molecule has 0 aliphatic carbocycles. The van der Waals surface area contributed by atoms with E-state index in [1.807, 2.05) is 18.2 Å². The van der Waals surface area contributed by atoms with E-state index >= 15 is 0 Å². The van der Waals surface area contributed by atoms with Crippen molar-refractivity contribution in [3.8, 4) is 0 Å². The molecule has 0 saturated heterocycles. The van der Waals surface area contributed by atoms with Crippen LogP contribution in [0, 0.1) is 0 Å². The lowest BCUT2D eigenvalue weighted by atomic mass is 10.0. The standard InChI is InChI=1S/C14H13Br2Cl2NS/c1-2-5-19-13(10-7-12(17)20-14(10)18)9-6-8(15)3-4-11(9)16/h3-4,6-7,13,19H,2,5H2,1H3. The van der Waals surface area contributed by atoms with Crippen molar-refractivity contribution < 1.29 is 0 Å².